The number of hydrogen-bond acceptors (Lipinski definition) is 3. The number of aryl methyl sites for hydroxylation is 1. The predicted molar refractivity (Wildman–Crippen MR) is 69.9 cm³/mol. The zero-order valence-corrected chi connectivity index (χ0v) is 12.3. The van der Waals surface area contributed by atoms with Crippen LogP contribution in [0.1, 0.15) is 26.7 Å². The lowest BCUT2D eigenvalue weighted by Crippen LogP contribution is -2.33. The summed E-state index contributed by atoms with van der Waals surface area (Å²) in [4.78, 5) is 3.83. The predicted octanol–water partition coefficient (Wildman–Crippen LogP) is 1.79. The van der Waals surface area contributed by atoms with Crippen molar-refractivity contribution in [1.29, 1.82) is 0 Å². The van der Waals surface area contributed by atoms with Crippen molar-refractivity contribution in [2.45, 2.75) is 31.7 Å². The van der Waals surface area contributed by atoms with Gasteiger partial charge in [0.15, 0.2) is 0 Å². The van der Waals surface area contributed by atoms with Gasteiger partial charge in [0.2, 0.25) is 5.03 Å². The minimum atomic E-state index is -3.61. The lowest BCUT2D eigenvalue weighted by Gasteiger charge is -2.19. The molecule has 0 unspecified atom stereocenters. The first-order chi connectivity index (χ1) is 8.28. The van der Waals surface area contributed by atoms with E-state index < -0.39 is 10.0 Å². The Balaban J connectivity index is 2.12. The van der Waals surface area contributed by atoms with E-state index in [1.54, 1.807) is 7.05 Å². The van der Waals surface area contributed by atoms with E-state index in [4.69, 9.17) is 11.6 Å². The van der Waals surface area contributed by atoms with Crippen LogP contribution in [0, 0.1) is 11.3 Å². The number of imidazole rings is 1. The summed E-state index contributed by atoms with van der Waals surface area (Å²) in [7, 11) is -1.95. The second-order valence-electron chi connectivity index (χ2n) is 5.29. The van der Waals surface area contributed by atoms with Crippen molar-refractivity contribution in [2.24, 2.45) is 18.4 Å². The molecule has 0 amide bonds. The first-order valence-corrected chi connectivity index (χ1v) is 7.81. The Bertz CT molecular complexity index is 547. The maximum atomic E-state index is 12.1. The van der Waals surface area contributed by atoms with Crippen molar-refractivity contribution in [3.63, 3.8) is 0 Å². The van der Waals surface area contributed by atoms with Crippen LogP contribution in [0.4, 0.5) is 0 Å². The second kappa shape index (κ2) is 4.51. The van der Waals surface area contributed by atoms with Gasteiger partial charge in [-0.3, -0.25) is 0 Å². The molecule has 102 valence electrons. The molecule has 0 saturated heterocycles. The van der Waals surface area contributed by atoms with E-state index in [1.165, 1.54) is 10.9 Å². The standard InChI is InChI=1S/C11H18ClN3O2S/c1-8(2)11(4-5-11)6-14-18(16,17)10-9(12)15(3)7-13-10/h7-8,14H,4-6H2,1-3H3. The normalized spacial score (nSPS) is 18.3. The third-order valence-corrected chi connectivity index (χ3v) is 5.71. The average molecular weight is 292 g/mol. The highest BCUT2D eigenvalue weighted by Crippen LogP contribution is 2.51. The quantitative estimate of drug-likeness (QED) is 0.899. The Kier molecular flexibility index (Phi) is 3.46. The van der Waals surface area contributed by atoms with Crippen LogP contribution in [-0.4, -0.2) is 24.5 Å². The molecule has 1 aromatic rings. The summed E-state index contributed by atoms with van der Waals surface area (Å²) < 4.78 is 28.3. The summed E-state index contributed by atoms with van der Waals surface area (Å²) in [6, 6.07) is 0. The molecular formula is C11H18ClN3O2S. The van der Waals surface area contributed by atoms with Gasteiger partial charge in [0, 0.05) is 13.6 Å². The number of sulfonamides is 1. The third kappa shape index (κ3) is 2.41. The molecule has 1 aliphatic rings. The molecule has 0 bridgehead atoms. The van der Waals surface area contributed by atoms with Crippen LogP contribution in [0.15, 0.2) is 11.4 Å². The fourth-order valence-electron chi connectivity index (χ4n) is 2.00. The first kappa shape index (κ1) is 13.8. The van der Waals surface area contributed by atoms with Gasteiger partial charge in [-0.2, -0.15) is 0 Å². The third-order valence-electron chi connectivity index (χ3n) is 3.82. The van der Waals surface area contributed by atoms with Crippen LogP contribution in [0.2, 0.25) is 5.15 Å². The van der Waals surface area contributed by atoms with Gasteiger partial charge in [-0.15, -0.1) is 0 Å². The fraction of sp³-hybridized carbons (Fsp3) is 0.727. The van der Waals surface area contributed by atoms with Crippen molar-refractivity contribution in [2.75, 3.05) is 6.54 Å². The number of nitrogens with zero attached hydrogens (tertiary/aromatic N) is 2. The van der Waals surface area contributed by atoms with E-state index in [0.717, 1.165) is 12.8 Å². The van der Waals surface area contributed by atoms with Gasteiger partial charge >= 0.3 is 0 Å². The molecule has 0 aromatic carbocycles. The van der Waals surface area contributed by atoms with E-state index >= 15 is 0 Å². The molecule has 0 radical (unpaired) electrons. The van der Waals surface area contributed by atoms with Crippen molar-refractivity contribution in [3.05, 3.63) is 11.5 Å². The van der Waals surface area contributed by atoms with Crippen LogP contribution >= 0.6 is 11.6 Å². The maximum absolute atomic E-state index is 12.1. The van der Waals surface area contributed by atoms with Crippen LogP contribution in [0.3, 0.4) is 0 Å². The van der Waals surface area contributed by atoms with Gasteiger partial charge in [0.05, 0.1) is 6.33 Å². The molecule has 18 heavy (non-hydrogen) atoms. The molecule has 0 spiro atoms. The summed E-state index contributed by atoms with van der Waals surface area (Å²) in [6.45, 7) is 4.70. The van der Waals surface area contributed by atoms with Crippen molar-refractivity contribution >= 4 is 21.6 Å². The molecule has 1 aliphatic carbocycles. The summed E-state index contributed by atoms with van der Waals surface area (Å²) in [5.41, 5.74) is 0.119. The molecule has 0 aliphatic heterocycles. The fourth-order valence-corrected chi connectivity index (χ4v) is 3.56. The SMILES string of the molecule is CC(C)C1(CNS(=O)(=O)c2ncn(C)c2Cl)CC1. The number of rotatable bonds is 5. The molecule has 5 nitrogen and oxygen atoms in total. The Morgan fingerprint density at radius 2 is 2.17 bits per heavy atom. The second-order valence-corrected chi connectivity index (χ2v) is 7.33. The summed E-state index contributed by atoms with van der Waals surface area (Å²) in [5, 5.41) is 0.0446. The van der Waals surface area contributed by atoms with Crippen LogP contribution in [-0.2, 0) is 17.1 Å². The Labute approximate surface area is 113 Å². The van der Waals surface area contributed by atoms with Gasteiger partial charge in [0.25, 0.3) is 10.0 Å². The minimum Gasteiger partial charge on any atom is -0.324 e. The molecule has 2 rings (SSSR count). The van der Waals surface area contributed by atoms with E-state index in [1.807, 2.05) is 0 Å². The zero-order chi connectivity index (χ0) is 13.6. The summed E-state index contributed by atoms with van der Waals surface area (Å²) in [6.07, 6.45) is 3.54. The zero-order valence-electron chi connectivity index (χ0n) is 10.8. The van der Waals surface area contributed by atoms with Gasteiger partial charge in [-0.1, -0.05) is 25.4 Å². The molecule has 1 fully saturated rings. The molecule has 1 heterocycles. The van der Waals surface area contributed by atoms with E-state index in [9.17, 15) is 8.42 Å². The highest BCUT2D eigenvalue weighted by molar-refractivity contribution is 7.89. The van der Waals surface area contributed by atoms with E-state index in [-0.39, 0.29) is 15.6 Å². The number of hydrogen-bond donors (Lipinski definition) is 1. The van der Waals surface area contributed by atoms with Crippen LogP contribution in [0.5, 0.6) is 0 Å². The Morgan fingerprint density at radius 3 is 2.56 bits per heavy atom. The van der Waals surface area contributed by atoms with Crippen LogP contribution < -0.4 is 4.72 Å². The maximum Gasteiger partial charge on any atom is 0.261 e. The van der Waals surface area contributed by atoms with Gasteiger partial charge in [0.1, 0.15) is 5.15 Å². The summed E-state index contributed by atoms with van der Waals surface area (Å²) >= 11 is 5.90. The van der Waals surface area contributed by atoms with Crippen molar-refractivity contribution in [1.82, 2.24) is 14.3 Å². The molecule has 7 heteroatoms. The topological polar surface area (TPSA) is 64.0 Å². The lowest BCUT2D eigenvalue weighted by atomic mass is 9.93. The van der Waals surface area contributed by atoms with Gasteiger partial charge in [-0.25, -0.2) is 18.1 Å². The van der Waals surface area contributed by atoms with E-state index in [2.05, 4.69) is 23.6 Å². The summed E-state index contributed by atoms with van der Waals surface area (Å²) in [5.74, 6) is 0.472. The van der Waals surface area contributed by atoms with Crippen molar-refractivity contribution < 1.29 is 8.42 Å². The molecule has 0 atom stereocenters. The number of halogens is 1. The average Bonchev–Trinajstić information content (AvgIpc) is 3.00. The molecular weight excluding hydrogens is 274 g/mol. The Hall–Kier alpha value is -0.590. The smallest absolute Gasteiger partial charge is 0.261 e. The van der Waals surface area contributed by atoms with Gasteiger partial charge in [-0.05, 0) is 24.2 Å². The van der Waals surface area contributed by atoms with Gasteiger partial charge < -0.3 is 4.57 Å². The van der Waals surface area contributed by atoms with E-state index in [0.29, 0.717) is 12.5 Å². The first-order valence-electron chi connectivity index (χ1n) is 5.95. The molecule has 1 saturated carbocycles. The largest absolute Gasteiger partial charge is 0.324 e. The number of aromatic nitrogens is 2. The Morgan fingerprint density at radius 1 is 1.56 bits per heavy atom. The lowest BCUT2D eigenvalue weighted by molar-refractivity contribution is 0.357. The highest BCUT2D eigenvalue weighted by atomic mass is 35.5. The highest BCUT2D eigenvalue weighted by Gasteiger charge is 2.46. The monoisotopic (exact) mass is 291 g/mol. The van der Waals surface area contributed by atoms with Crippen LogP contribution in [0.25, 0.3) is 0 Å². The molecule has 1 N–H and O–H groups in total. The molecule has 1 aromatic heterocycles. The minimum absolute atomic E-state index is 0.0915. The number of nitrogens with one attached hydrogen (secondary N) is 1. The van der Waals surface area contributed by atoms with Crippen molar-refractivity contribution in [3.8, 4) is 0 Å².